The summed E-state index contributed by atoms with van der Waals surface area (Å²) < 4.78 is 0. The quantitative estimate of drug-likeness (QED) is 0.893. The lowest BCUT2D eigenvalue weighted by molar-refractivity contribution is -0.132. The minimum atomic E-state index is -0.245. The molecule has 0 fully saturated rings. The highest BCUT2D eigenvalue weighted by Gasteiger charge is 2.30. The lowest BCUT2D eigenvalue weighted by atomic mass is 9.90. The van der Waals surface area contributed by atoms with Gasteiger partial charge < -0.3 is 4.90 Å². The number of nitrogens with one attached hydrogen (secondary N) is 2. The van der Waals surface area contributed by atoms with Crippen molar-refractivity contribution >= 4 is 17.8 Å². The van der Waals surface area contributed by atoms with Gasteiger partial charge in [-0.3, -0.25) is 14.9 Å². The molecule has 7 heteroatoms. The molecule has 2 heterocycles. The molecule has 2 amide bonds. The Bertz CT molecular complexity index is 683. The molecule has 1 aliphatic rings. The zero-order valence-electron chi connectivity index (χ0n) is 12.2. The summed E-state index contributed by atoms with van der Waals surface area (Å²) in [6.07, 6.45) is 2.33. The summed E-state index contributed by atoms with van der Waals surface area (Å²) in [4.78, 5) is 29.7. The second-order valence-corrected chi connectivity index (χ2v) is 5.26. The van der Waals surface area contributed by atoms with Gasteiger partial charge in [-0.1, -0.05) is 24.3 Å². The third-order valence-corrected chi connectivity index (χ3v) is 3.87. The molecule has 3 rings (SSSR count). The Hall–Kier alpha value is -2.70. The summed E-state index contributed by atoms with van der Waals surface area (Å²) in [7, 11) is 0. The van der Waals surface area contributed by atoms with Crippen molar-refractivity contribution in [1.29, 1.82) is 0 Å². The van der Waals surface area contributed by atoms with Gasteiger partial charge >= 0.3 is 0 Å². The number of carbonyl (C=O) groups excluding carboxylic acids is 2. The van der Waals surface area contributed by atoms with Gasteiger partial charge in [0.15, 0.2) is 0 Å². The molecule has 1 aromatic carbocycles. The van der Waals surface area contributed by atoms with Crippen LogP contribution < -0.4 is 5.32 Å². The van der Waals surface area contributed by atoms with Gasteiger partial charge in [-0.25, -0.2) is 5.10 Å². The first-order valence-electron chi connectivity index (χ1n) is 7.15. The van der Waals surface area contributed by atoms with E-state index in [1.807, 2.05) is 24.3 Å². The van der Waals surface area contributed by atoms with Gasteiger partial charge in [0, 0.05) is 13.5 Å². The fraction of sp³-hybridized carbons (Fsp3) is 0.333. The van der Waals surface area contributed by atoms with Crippen LogP contribution in [-0.4, -0.2) is 38.4 Å². The number of aromatic nitrogens is 3. The standard InChI is InChI=1S/C15H17N5O2/c1-10(21)20-7-6-11-4-2-3-5-12(11)13(20)8-14(22)18-15-16-9-17-19-15/h2-5,9,13H,6-8H2,1H3,(H2,16,17,18,19,22)/t13-/m1/s1. The molecular weight excluding hydrogens is 282 g/mol. The third-order valence-electron chi connectivity index (χ3n) is 3.87. The van der Waals surface area contributed by atoms with Crippen LogP contribution in [0.5, 0.6) is 0 Å². The van der Waals surface area contributed by atoms with E-state index in [0.717, 1.165) is 12.0 Å². The van der Waals surface area contributed by atoms with Gasteiger partial charge in [-0.2, -0.15) is 10.1 Å². The number of rotatable bonds is 3. The van der Waals surface area contributed by atoms with Crippen molar-refractivity contribution < 1.29 is 9.59 Å². The molecule has 1 atom stereocenters. The summed E-state index contributed by atoms with van der Waals surface area (Å²) >= 11 is 0. The maximum Gasteiger partial charge on any atom is 0.229 e. The SMILES string of the molecule is CC(=O)N1CCc2ccccc2[C@H]1CC(=O)Nc1ncn[nH]1. The number of amides is 2. The van der Waals surface area contributed by atoms with Crippen molar-refractivity contribution in [2.45, 2.75) is 25.8 Å². The zero-order valence-corrected chi connectivity index (χ0v) is 12.2. The van der Waals surface area contributed by atoms with Gasteiger partial charge in [0.1, 0.15) is 6.33 Å². The molecule has 7 nitrogen and oxygen atoms in total. The number of hydrogen-bond donors (Lipinski definition) is 2. The van der Waals surface area contributed by atoms with Crippen LogP contribution in [0.3, 0.4) is 0 Å². The maximum absolute atomic E-state index is 12.2. The van der Waals surface area contributed by atoms with Crippen molar-refractivity contribution in [3.63, 3.8) is 0 Å². The number of aromatic amines is 1. The molecule has 2 aromatic rings. The number of anilines is 1. The van der Waals surface area contributed by atoms with E-state index >= 15 is 0 Å². The van der Waals surface area contributed by atoms with E-state index in [-0.39, 0.29) is 24.3 Å². The molecule has 1 aliphatic heterocycles. The van der Waals surface area contributed by atoms with Gasteiger partial charge in [0.25, 0.3) is 0 Å². The predicted molar refractivity (Wildman–Crippen MR) is 79.9 cm³/mol. The lowest BCUT2D eigenvalue weighted by Crippen LogP contribution is -2.40. The highest BCUT2D eigenvalue weighted by Crippen LogP contribution is 2.32. The van der Waals surface area contributed by atoms with Crippen molar-refractivity contribution in [1.82, 2.24) is 20.1 Å². The number of H-pyrrole nitrogens is 1. The van der Waals surface area contributed by atoms with Crippen molar-refractivity contribution in [2.24, 2.45) is 0 Å². The monoisotopic (exact) mass is 299 g/mol. The van der Waals surface area contributed by atoms with E-state index in [4.69, 9.17) is 0 Å². The topological polar surface area (TPSA) is 91.0 Å². The first kappa shape index (κ1) is 14.2. The normalized spacial score (nSPS) is 17.0. The smallest absolute Gasteiger partial charge is 0.229 e. The minimum absolute atomic E-state index is 0.0213. The summed E-state index contributed by atoms with van der Waals surface area (Å²) in [5, 5.41) is 8.92. The van der Waals surface area contributed by atoms with Crippen LogP contribution >= 0.6 is 0 Å². The Labute approximate surface area is 127 Å². The maximum atomic E-state index is 12.2. The largest absolute Gasteiger partial charge is 0.335 e. The van der Waals surface area contributed by atoms with Gasteiger partial charge in [-0.15, -0.1) is 0 Å². The van der Waals surface area contributed by atoms with Gasteiger partial charge in [0.2, 0.25) is 17.8 Å². The zero-order chi connectivity index (χ0) is 15.5. The predicted octanol–water partition coefficient (Wildman–Crippen LogP) is 1.28. The average molecular weight is 299 g/mol. The molecule has 1 aromatic heterocycles. The van der Waals surface area contributed by atoms with Crippen LogP contribution in [0, 0.1) is 0 Å². The Morgan fingerprint density at radius 3 is 2.95 bits per heavy atom. The van der Waals surface area contributed by atoms with Crippen LogP contribution in [0.1, 0.15) is 30.5 Å². The highest BCUT2D eigenvalue weighted by molar-refractivity contribution is 5.90. The van der Waals surface area contributed by atoms with Crippen molar-refractivity contribution in [3.05, 3.63) is 41.7 Å². The van der Waals surface area contributed by atoms with Crippen LogP contribution in [0.15, 0.2) is 30.6 Å². The van der Waals surface area contributed by atoms with Gasteiger partial charge in [-0.05, 0) is 17.5 Å². The average Bonchev–Trinajstić information content (AvgIpc) is 3.00. The molecule has 0 bridgehead atoms. The number of carbonyl (C=O) groups is 2. The summed E-state index contributed by atoms with van der Waals surface area (Å²) in [5.74, 6) is 0.0835. The molecule has 0 unspecified atom stereocenters. The molecule has 0 radical (unpaired) electrons. The number of fused-ring (bicyclic) bond motifs is 1. The molecule has 2 N–H and O–H groups in total. The second kappa shape index (κ2) is 5.97. The van der Waals surface area contributed by atoms with E-state index in [1.54, 1.807) is 4.90 Å². The Kier molecular flexibility index (Phi) is 3.86. The molecule has 0 spiro atoms. The van der Waals surface area contributed by atoms with Crippen LogP contribution in [0.2, 0.25) is 0 Å². The number of benzene rings is 1. The third kappa shape index (κ3) is 2.83. The van der Waals surface area contributed by atoms with Crippen molar-refractivity contribution in [2.75, 3.05) is 11.9 Å². The molecular formula is C15H17N5O2. The lowest BCUT2D eigenvalue weighted by Gasteiger charge is -2.36. The molecule has 22 heavy (non-hydrogen) atoms. The second-order valence-electron chi connectivity index (χ2n) is 5.26. The molecule has 114 valence electrons. The van der Waals surface area contributed by atoms with E-state index in [0.29, 0.717) is 12.5 Å². The summed E-state index contributed by atoms with van der Waals surface area (Å²) in [5.41, 5.74) is 2.23. The van der Waals surface area contributed by atoms with E-state index in [1.165, 1.54) is 18.8 Å². The van der Waals surface area contributed by atoms with E-state index < -0.39 is 0 Å². The van der Waals surface area contributed by atoms with Crippen molar-refractivity contribution in [3.8, 4) is 0 Å². The summed E-state index contributed by atoms with van der Waals surface area (Å²) in [6, 6.07) is 7.70. The minimum Gasteiger partial charge on any atom is -0.335 e. The highest BCUT2D eigenvalue weighted by atomic mass is 16.2. The molecule has 0 aliphatic carbocycles. The Morgan fingerprint density at radius 1 is 1.41 bits per heavy atom. The first-order valence-corrected chi connectivity index (χ1v) is 7.15. The Morgan fingerprint density at radius 2 is 2.23 bits per heavy atom. The first-order chi connectivity index (χ1) is 10.6. The fourth-order valence-electron chi connectivity index (χ4n) is 2.87. The van der Waals surface area contributed by atoms with Crippen LogP contribution in [0.25, 0.3) is 0 Å². The van der Waals surface area contributed by atoms with E-state index in [9.17, 15) is 9.59 Å². The summed E-state index contributed by atoms with van der Waals surface area (Å²) in [6.45, 7) is 2.17. The van der Waals surface area contributed by atoms with Crippen LogP contribution in [0.4, 0.5) is 5.95 Å². The fourth-order valence-corrected chi connectivity index (χ4v) is 2.87. The Balaban J connectivity index is 1.81. The molecule has 0 saturated carbocycles. The number of hydrogen-bond acceptors (Lipinski definition) is 4. The molecule has 0 saturated heterocycles. The van der Waals surface area contributed by atoms with Crippen LogP contribution in [-0.2, 0) is 16.0 Å². The van der Waals surface area contributed by atoms with Gasteiger partial charge in [0.05, 0.1) is 12.5 Å². The number of nitrogens with zero attached hydrogens (tertiary/aromatic N) is 3. The van der Waals surface area contributed by atoms with E-state index in [2.05, 4.69) is 20.5 Å².